The fraction of sp³-hybridized carbons (Fsp3) is 0.392. The monoisotopic (exact) mass is 2000 g/mol. The van der Waals surface area contributed by atoms with Crippen molar-refractivity contribution in [1.82, 2.24) is 38.2 Å². The number of hydrogen-bond acceptors (Lipinski definition) is 11. The van der Waals surface area contributed by atoms with Crippen LogP contribution in [0.1, 0.15) is 262 Å². The molecule has 0 spiro atoms. The number of hydrogen-bond donors (Lipinski definition) is 2. The van der Waals surface area contributed by atoms with E-state index in [-0.39, 0.29) is 115 Å². The van der Waals surface area contributed by atoms with Crippen molar-refractivity contribution in [2.24, 2.45) is 92.7 Å². The predicted molar refractivity (Wildman–Crippen MR) is 580 cm³/mol. The molecule has 751 valence electrons. The number of aldehydes is 1. The van der Waals surface area contributed by atoms with Gasteiger partial charge in [0.05, 0.1) is 78.7 Å². The van der Waals surface area contributed by atoms with Crippen molar-refractivity contribution in [3.05, 3.63) is 391 Å². The topological polar surface area (TPSA) is 220 Å². The average Bonchev–Trinajstić information content (AvgIpc) is 1.71. The zero-order valence-corrected chi connectivity index (χ0v) is 91.2. The van der Waals surface area contributed by atoms with Crippen LogP contribution >= 0.6 is 0 Å². The standard InChI is InChI=1S/C41H38N2O.C29H22N2O.C22H26N2O.C22H24N2O.C12H18O.C2H4O2.C2H5O.B.2Na.H/c44-39(40-25-30-22-31(26-40)24-32(23-30)27-40)21-20-33-12-10-11-19-37(33)38-28-43(29-42-38)41(34-13-4-1-5-14-34,35-15-6-2-7-16-35)36-17-8-3-9-18-36;32-21-23-12-10-11-19-27(23)28-20-31(22-30-28)29(24-13-4-1-5-14-24,25-15-6-2-7-16-25)26-17-8-3-9-18-26;2*25-21(22-9-14-5-15(10-22)7-16(6-14)11-22)8-19-17-3-1-2-4-18(17)20-12-23-13-24(19)20;1-8(13)12-5-9-2-10(6-12)4-11(3-9)7-12;1-2(3)4;1-2-3;;;;/h1-21,28-32H,22-27H2;1-22H;1-4,12-16,19,21,25H,5-11H2;1-4,12-16,19H,5-11H2;9-11H,2-7H2,1H3;1H3,(H,3,4);2H2,1H3;;;;/q;;;;;;-1;;2*+1;-1/b21-20+;;;;;;;;;;. The van der Waals surface area contributed by atoms with Gasteiger partial charge in [-0.15, -0.1) is 6.61 Å². The SMILES string of the molecule is CC(=O)C12CC3CC(CC(C3)C1)C2.CC(=O)O.CC[O-].O=C(/C=C/c1ccccc1-c1cn(C(c2ccccc2)(c2ccccc2)c2ccccc2)cn1)C12CC3CC(CC(C3)C1)C2.O=C(CC1c2ccccc2-c2cncn21)C12CC3CC(CC(C3)C1)C2.O=Cc1ccccc1-c1cn(C(c2ccccc2)(c2ccccc2)c2ccccc2)cn1.OC(CC1c2ccccc2-c2cncn21)C12CC3CC(CC(C3)C1)C2.[B].[H-].[Na+].[Na+]. The summed E-state index contributed by atoms with van der Waals surface area (Å²) in [5.74, 6) is 10.7. The second kappa shape index (κ2) is 45.4. The molecular weight excluding hydrogens is 1860 g/mol. The number of ketones is 3. The number of aromatic nitrogens is 8. The average molecular weight is 2000 g/mol. The number of Topliss-reactive ketones (excluding diaryl/α,β-unsaturated/α-hetero) is 2. The van der Waals surface area contributed by atoms with Crippen LogP contribution in [0.15, 0.2) is 335 Å². The van der Waals surface area contributed by atoms with Gasteiger partial charge in [0.15, 0.2) is 12.1 Å². The van der Waals surface area contributed by atoms with Crippen LogP contribution in [0.3, 0.4) is 0 Å². The molecule has 10 aromatic carbocycles. The Morgan fingerprint density at radius 3 is 1.02 bits per heavy atom. The van der Waals surface area contributed by atoms with Crippen LogP contribution < -0.4 is 64.2 Å². The molecule has 2 aliphatic heterocycles. The first-order valence-corrected chi connectivity index (χ1v) is 54.2. The van der Waals surface area contributed by atoms with Gasteiger partial charge < -0.3 is 35.0 Å². The van der Waals surface area contributed by atoms with Crippen molar-refractivity contribution in [2.75, 3.05) is 6.61 Å². The van der Waals surface area contributed by atoms with Crippen molar-refractivity contribution in [3.63, 3.8) is 0 Å². The fourth-order valence-corrected chi connectivity index (χ4v) is 32.5. The minimum Gasteiger partial charge on any atom is -1.00 e. The Labute approximate surface area is 926 Å². The summed E-state index contributed by atoms with van der Waals surface area (Å²) >= 11 is 0. The minimum absolute atomic E-state index is 0. The summed E-state index contributed by atoms with van der Waals surface area (Å²) in [5, 5.41) is 27.8. The first-order valence-electron chi connectivity index (χ1n) is 54.2. The predicted octanol–water partition coefficient (Wildman–Crippen LogP) is 20.4. The molecule has 32 rings (SSSR count). The van der Waals surface area contributed by atoms with E-state index in [0.29, 0.717) is 29.3 Å². The third kappa shape index (κ3) is 20.8. The maximum absolute atomic E-state index is 13.8. The molecule has 19 heteroatoms. The van der Waals surface area contributed by atoms with E-state index in [9.17, 15) is 24.3 Å². The second-order valence-corrected chi connectivity index (χ2v) is 46.1. The summed E-state index contributed by atoms with van der Waals surface area (Å²) in [5.41, 5.74) is 18.6. The molecule has 3 radical (unpaired) electrons. The van der Waals surface area contributed by atoms with Crippen molar-refractivity contribution < 1.29 is 99.8 Å². The summed E-state index contributed by atoms with van der Waals surface area (Å²) in [4.78, 5) is 78.2. The van der Waals surface area contributed by atoms with Gasteiger partial charge in [0.25, 0.3) is 5.97 Å². The number of nitrogens with zero attached hydrogens (tertiary/aromatic N) is 8. The summed E-state index contributed by atoms with van der Waals surface area (Å²) < 4.78 is 8.92. The van der Waals surface area contributed by atoms with E-state index in [1.54, 1.807) is 6.92 Å². The number of benzene rings is 10. The molecule has 18 aliphatic rings. The molecule has 3 atom stereocenters. The number of aliphatic carboxylic acids is 1. The minimum atomic E-state index is -0.833. The van der Waals surface area contributed by atoms with Crippen molar-refractivity contribution in [3.8, 4) is 45.0 Å². The van der Waals surface area contributed by atoms with Crippen LogP contribution in [-0.4, -0.2) is 99.1 Å². The quantitative estimate of drug-likeness (QED) is 0.0297. The first-order chi connectivity index (χ1) is 71.2. The van der Waals surface area contributed by atoms with Crippen molar-refractivity contribution in [2.45, 2.75) is 217 Å². The van der Waals surface area contributed by atoms with Crippen LogP contribution in [0.5, 0.6) is 0 Å². The molecule has 16 aliphatic carbocycles. The third-order valence-electron chi connectivity index (χ3n) is 36.9. The van der Waals surface area contributed by atoms with Gasteiger partial charge in [0, 0.05) is 78.2 Å². The molecule has 2 N–H and O–H groups in total. The van der Waals surface area contributed by atoms with E-state index in [0.717, 1.165) is 171 Å². The number of imidazole rings is 4. The molecule has 16 bridgehead atoms. The Hall–Kier alpha value is -11.1. The fourth-order valence-electron chi connectivity index (χ4n) is 32.5. The Kier molecular flexibility index (Phi) is 32.4. The molecule has 16 nitrogen and oxygen atoms in total. The summed E-state index contributed by atoms with van der Waals surface area (Å²) in [6.07, 6.45) is 53.0. The maximum Gasteiger partial charge on any atom is 1.00 e. The molecule has 149 heavy (non-hydrogen) atoms. The van der Waals surface area contributed by atoms with Gasteiger partial charge >= 0.3 is 59.1 Å². The second-order valence-electron chi connectivity index (χ2n) is 46.1. The van der Waals surface area contributed by atoms with Crippen LogP contribution in [0.25, 0.3) is 51.1 Å². The number of rotatable bonds is 21. The molecule has 0 saturated heterocycles. The maximum atomic E-state index is 13.8. The number of carbonyl (C=O) groups excluding carboxylic acids is 4. The van der Waals surface area contributed by atoms with Crippen LogP contribution in [0.4, 0.5) is 0 Å². The van der Waals surface area contributed by atoms with Gasteiger partial charge in [0.2, 0.25) is 0 Å². The Bertz CT molecular complexity index is 6690. The summed E-state index contributed by atoms with van der Waals surface area (Å²) in [7, 11) is 0. The van der Waals surface area contributed by atoms with Crippen LogP contribution in [0.2, 0.25) is 0 Å². The van der Waals surface area contributed by atoms with Gasteiger partial charge in [-0.1, -0.05) is 292 Å². The van der Waals surface area contributed by atoms with E-state index < -0.39 is 17.0 Å². The Morgan fingerprint density at radius 2 is 0.678 bits per heavy atom. The molecule has 6 heterocycles. The van der Waals surface area contributed by atoms with Gasteiger partial charge in [-0.05, 0) is 300 Å². The van der Waals surface area contributed by atoms with E-state index in [4.69, 9.17) is 25.0 Å². The Balaban J connectivity index is 0.000000124. The van der Waals surface area contributed by atoms with Gasteiger partial charge in [-0.25, -0.2) is 19.9 Å². The van der Waals surface area contributed by atoms with Crippen LogP contribution in [0, 0.1) is 92.7 Å². The number of fused-ring (bicyclic) bond motifs is 6. The molecule has 3 unspecified atom stereocenters. The first kappa shape index (κ1) is 106. The number of carbonyl (C=O) groups is 5. The molecule has 4 aromatic heterocycles. The van der Waals surface area contributed by atoms with E-state index >= 15 is 0 Å². The largest absolute Gasteiger partial charge is 1.00 e. The van der Waals surface area contributed by atoms with Crippen molar-refractivity contribution >= 4 is 44.1 Å². The zero-order chi connectivity index (χ0) is 99.9. The van der Waals surface area contributed by atoms with E-state index in [2.05, 4.69) is 271 Å². The van der Waals surface area contributed by atoms with E-state index in [1.165, 1.54) is 168 Å². The zero-order valence-electron chi connectivity index (χ0n) is 88.2. The van der Waals surface area contributed by atoms with E-state index in [1.807, 2.05) is 105 Å². The van der Waals surface area contributed by atoms with Gasteiger partial charge in [-0.3, -0.25) is 24.0 Å². The summed E-state index contributed by atoms with van der Waals surface area (Å²) in [6.45, 7) is 4.48. The summed E-state index contributed by atoms with van der Waals surface area (Å²) in [6, 6.07) is 96.9. The molecule has 0 amide bonds. The molecule has 14 aromatic rings. The number of carboxylic acids is 1. The number of carboxylic acid groups (broad SMARTS) is 1. The van der Waals surface area contributed by atoms with Gasteiger partial charge in [0.1, 0.15) is 22.6 Å². The van der Waals surface area contributed by atoms with Crippen molar-refractivity contribution in [1.29, 1.82) is 0 Å². The Morgan fingerprint density at radius 1 is 0.396 bits per heavy atom. The molecular formula is C130H138BN8Na2O8. The smallest absolute Gasteiger partial charge is 1.00 e. The third-order valence-corrected chi connectivity index (χ3v) is 36.9. The molecule has 16 fully saturated rings. The van der Waals surface area contributed by atoms with Gasteiger partial charge in [-0.2, -0.15) is 0 Å². The molecule has 16 saturated carbocycles. The number of aliphatic hydroxyl groups is 1. The number of allylic oxidation sites excluding steroid dienone is 1. The number of aliphatic hydroxyl groups excluding tert-OH is 1. The van der Waals surface area contributed by atoms with Crippen LogP contribution in [-0.2, 0) is 30.3 Å². The normalized spacial score (nSPS) is 27.1.